The lowest BCUT2D eigenvalue weighted by atomic mass is 9.92. The second kappa shape index (κ2) is 8.39. The molecule has 5 heteroatoms. The number of halogens is 1. The molecule has 0 radical (unpaired) electrons. The van der Waals surface area contributed by atoms with Gasteiger partial charge in [-0.1, -0.05) is 25.1 Å². The zero-order valence-corrected chi connectivity index (χ0v) is 14.5. The number of hydrogen-bond acceptors (Lipinski definition) is 3. The van der Waals surface area contributed by atoms with Crippen molar-refractivity contribution in [3.8, 4) is 5.75 Å². The van der Waals surface area contributed by atoms with Gasteiger partial charge >= 0.3 is 0 Å². The fourth-order valence-corrected chi connectivity index (χ4v) is 3.05. The van der Waals surface area contributed by atoms with Crippen molar-refractivity contribution in [3.63, 3.8) is 0 Å². The van der Waals surface area contributed by atoms with E-state index in [9.17, 15) is 4.79 Å². The zero-order chi connectivity index (χ0) is 15.4. The van der Waals surface area contributed by atoms with Gasteiger partial charge < -0.3 is 15.4 Å². The average molecular weight is 327 g/mol. The van der Waals surface area contributed by atoms with Gasteiger partial charge in [0, 0.05) is 19.1 Å². The lowest BCUT2D eigenvalue weighted by molar-refractivity contribution is -0.137. The number of nitrogens with two attached hydrogens (primary N) is 1. The summed E-state index contributed by atoms with van der Waals surface area (Å²) < 4.78 is 5.77. The van der Waals surface area contributed by atoms with Gasteiger partial charge in [-0.3, -0.25) is 4.79 Å². The second-order valence-electron chi connectivity index (χ2n) is 6.12. The first kappa shape index (κ1) is 18.8. The Labute approximate surface area is 139 Å². The number of aryl methyl sites for hydroxylation is 2. The molecular formula is C17H27ClN2O2. The molecule has 0 bridgehead atoms. The largest absolute Gasteiger partial charge is 0.483 e. The zero-order valence-electron chi connectivity index (χ0n) is 13.7. The minimum Gasteiger partial charge on any atom is -0.483 e. The molecule has 0 spiro atoms. The Morgan fingerprint density at radius 3 is 2.59 bits per heavy atom. The molecule has 2 atom stereocenters. The highest BCUT2D eigenvalue weighted by atomic mass is 35.5. The monoisotopic (exact) mass is 326 g/mol. The number of ether oxygens (including phenoxy) is 1. The van der Waals surface area contributed by atoms with Crippen molar-refractivity contribution in [2.24, 2.45) is 11.7 Å². The predicted molar refractivity (Wildman–Crippen MR) is 91.6 cm³/mol. The first-order valence-corrected chi connectivity index (χ1v) is 7.71. The van der Waals surface area contributed by atoms with Crippen molar-refractivity contribution in [2.45, 2.75) is 39.7 Å². The quantitative estimate of drug-likeness (QED) is 0.925. The molecule has 124 valence electrons. The van der Waals surface area contributed by atoms with Gasteiger partial charge in [-0.2, -0.15) is 0 Å². The van der Waals surface area contributed by atoms with Crippen LogP contribution in [0.3, 0.4) is 0 Å². The van der Waals surface area contributed by atoms with Gasteiger partial charge in [0.25, 0.3) is 5.91 Å². The van der Waals surface area contributed by atoms with Gasteiger partial charge in [-0.25, -0.2) is 0 Å². The van der Waals surface area contributed by atoms with Gasteiger partial charge in [-0.05, 0) is 43.7 Å². The SMILES string of the molecule is Cc1cccc(C)c1OCC(=O)N1CCC(C)CC1CN.Cl. The first-order valence-electron chi connectivity index (χ1n) is 7.71. The molecule has 2 unspecified atom stereocenters. The molecule has 2 N–H and O–H groups in total. The number of amides is 1. The van der Waals surface area contributed by atoms with Crippen LogP contribution in [-0.2, 0) is 4.79 Å². The maximum atomic E-state index is 12.4. The van der Waals surface area contributed by atoms with Gasteiger partial charge in [0.2, 0.25) is 0 Å². The number of hydrogen-bond donors (Lipinski definition) is 1. The molecule has 1 aliphatic heterocycles. The van der Waals surface area contributed by atoms with Crippen LogP contribution in [0.2, 0.25) is 0 Å². The van der Waals surface area contributed by atoms with Gasteiger partial charge in [0.15, 0.2) is 6.61 Å². The molecule has 1 aromatic rings. The third-order valence-corrected chi connectivity index (χ3v) is 4.32. The Balaban J connectivity index is 0.00000242. The first-order chi connectivity index (χ1) is 10.0. The molecule has 1 aliphatic rings. The molecular weight excluding hydrogens is 300 g/mol. The fourth-order valence-electron chi connectivity index (χ4n) is 3.05. The number of carbonyl (C=O) groups excluding carboxylic acids is 1. The summed E-state index contributed by atoms with van der Waals surface area (Å²) in [5.41, 5.74) is 7.94. The number of likely N-dealkylation sites (tertiary alicyclic amines) is 1. The molecule has 22 heavy (non-hydrogen) atoms. The number of rotatable bonds is 4. The normalized spacial score (nSPS) is 21.2. The minimum atomic E-state index is 0. The summed E-state index contributed by atoms with van der Waals surface area (Å²) in [7, 11) is 0. The molecule has 0 aliphatic carbocycles. The highest BCUT2D eigenvalue weighted by Gasteiger charge is 2.29. The highest BCUT2D eigenvalue weighted by molar-refractivity contribution is 5.85. The van der Waals surface area contributed by atoms with E-state index in [2.05, 4.69) is 6.92 Å². The number of nitrogens with zero attached hydrogens (tertiary/aromatic N) is 1. The van der Waals surface area contributed by atoms with Crippen LogP contribution in [-0.4, -0.2) is 36.5 Å². The van der Waals surface area contributed by atoms with Gasteiger partial charge in [-0.15, -0.1) is 12.4 Å². The topological polar surface area (TPSA) is 55.6 Å². The summed E-state index contributed by atoms with van der Waals surface area (Å²) in [5.74, 6) is 1.50. The smallest absolute Gasteiger partial charge is 0.260 e. The van der Waals surface area contributed by atoms with E-state index in [0.717, 1.165) is 36.3 Å². The lowest BCUT2D eigenvalue weighted by Gasteiger charge is -2.38. The summed E-state index contributed by atoms with van der Waals surface area (Å²) in [6.07, 6.45) is 2.04. The van der Waals surface area contributed by atoms with E-state index in [1.807, 2.05) is 36.9 Å². The number of benzene rings is 1. The van der Waals surface area contributed by atoms with Crippen molar-refractivity contribution in [2.75, 3.05) is 19.7 Å². The summed E-state index contributed by atoms with van der Waals surface area (Å²) in [6.45, 7) is 7.63. The third-order valence-electron chi connectivity index (χ3n) is 4.32. The van der Waals surface area contributed by atoms with Crippen molar-refractivity contribution in [3.05, 3.63) is 29.3 Å². The van der Waals surface area contributed by atoms with Crippen LogP contribution in [0.15, 0.2) is 18.2 Å². The van der Waals surface area contributed by atoms with Crippen molar-refractivity contribution in [1.82, 2.24) is 4.90 Å². The molecule has 1 aromatic carbocycles. The maximum absolute atomic E-state index is 12.4. The Bertz CT molecular complexity index is 487. The molecule has 0 aromatic heterocycles. The van der Waals surface area contributed by atoms with E-state index in [-0.39, 0.29) is 31.0 Å². The Morgan fingerprint density at radius 1 is 1.36 bits per heavy atom. The second-order valence-corrected chi connectivity index (χ2v) is 6.12. The van der Waals surface area contributed by atoms with E-state index < -0.39 is 0 Å². The van der Waals surface area contributed by atoms with Crippen LogP contribution >= 0.6 is 12.4 Å². The Hall–Kier alpha value is -1.26. The van der Waals surface area contributed by atoms with Gasteiger partial charge in [0.1, 0.15) is 5.75 Å². The van der Waals surface area contributed by atoms with Crippen molar-refractivity contribution >= 4 is 18.3 Å². The standard InChI is InChI=1S/C17H26N2O2.ClH/c1-12-7-8-19(15(9-12)10-18)16(20)11-21-17-13(2)5-4-6-14(17)3;/h4-6,12,15H,7-11,18H2,1-3H3;1H. The van der Waals surface area contributed by atoms with Crippen LogP contribution in [0.25, 0.3) is 0 Å². The van der Waals surface area contributed by atoms with E-state index in [4.69, 9.17) is 10.5 Å². The Morgan fingerprint density at radius 2 is 2.00 bits per heavy atom. The van der Waals surface area contributed by atoms with Crippen LogP contribution < -0.4 is 10.5 Å². The number of piperidine rings is 1. The van der Waals surface area contributed by atoms with Gasteiger partial charge in [0.05, 0.1) is 0 Å². The van der Waals surface area contributed by atoms with E-state index >= 15 is 0 Å². The molecule has 0 saturated carbocycles. The predicted octanol–water partition coefficient (Wildman–Crippen LogP) is 2.69. The van der Waals surface area contributed by atoms with Crippen LogP contribution in [0.4, 0.5) is 0 Å². The lowest BCUT2D eigenvalue weighted by Crippen LogP contribution is -2.50. The number of para-hydroxylation sites is 1. The highest BCUT2D eigenvalue weighted by Crippen LogP contribution is 2.24. The third kappa shape index (κ3) is 4.37. The molecule has 1 amide bonds. The van der Waals surface area contributed by atoms with E-state index in [1.54, 1.807) is 0 Å². The maximum Gasteiger partial charge on any atom is 0.260 e. The van der Waals surface area contributed by atoms with Crippen LogP contribution in [0, 0.1) is 19.8 Å². The Kier molecular flexibility index (Phi) is 7.17. The molecule has 2 rings (SSSR count). The minimum absolute atomic E-state index is 0. The fraction of sp³-hybridized carbons (Fsp3) is 0.588. The van der Waals surface area contributed by atoms with E-state index in [1.165, 1.54) is 0 Å². The van der Waals surface area contributed by atoms with Crippen molar-refractivity contribution < 1.29 is 9.53 Å². The molecule has 4 nitrogen and oxygen atoms in total. The van der Waals surface area contributed by atoms with Crippen LogP contribution in [0.1, 0.15) is 30.9 Å². The van der Waals surface area contributed by atoms with E-state index in [0.29, 0.717) is 12.5 Å². The average Bonchev–Trinajstić information content (AvgIpc) is 2.46. The van der Waals surface area contributed by atoms with Crippen LogP contribution in [0.5, 0.6) is 5.75 Å². The molecule has 1 fully saturated rings. The summed E-state index contributed by atoms with van der Waals surface area (Å²) in [4.78, 5) is 14.3. The summed E-state index contributed by atoms with van der Waals surface area (Å²) in [6, 6.07) is 6.15. The summed E-state index contributed by atoms with van der Waals surface area (Å²) in [5, 5.41) is 0. The molecule has 1 saturated heterocycles. The summed E-state index contributed by atoms with van der Waals surface area (Å²) >= 11 is 0. The van der Waals surface area contributed by atoms with Crippen molar-refractivity contribution in [1.29, 1.82) is 0 Å². The molecule has 1 heterocycles. The number of carbonyl (C=O) groups is 1.